The quantitative estimate of drug-likeness (QED) is 0.207. The molecule has 1 aliphatic rings. The molecule has 37 heavy (non-hydrogen) atoms. The number of hydrogen-bond acceptors (Lipinski definition) is 6. The number of furan rings is 1. The van der Waals surface area contributed by atoms with Crippen molar-refractivity contribution >= 4 is 17.4 Å². The van der Waals surface area contributed by atoms with E-state index in [0.29, 0.717) is 29.4 Å². The number of Topliss-reactive ketones (excluding diaryl/α,β-unsaturated/α-hetero) is 1. The minimum Gasteiger partial charge on any atom is -0.507 e. The lowest BCUT2D eigenvalue weighted by Crippen LogP contribution is -2.29. The SMILES string of the molecule is Cc1cccc(COc2ccc(/C(O)=C3/C(=O)C(=O)N(Cc4ccncc4)C3c3ccc(C)o3)cc2)c1. The molecule has 1 atom stereocenters. The van der Waals surface area contributed by atoms with Crippen LogP contribution in [0.25, 0.3) is 5.76 Å². The molecule has 1 aliphatic heterocycles. The Morgan fingerprint density at radius 2 is 1.73 bits per heavy atom. The second-order valence-electron chi connectivity index (χ2n) is 9.03. The van der Waals surface area contributed by atoms with Crippen LogP contribution in [0.15, 0.2) is 95.2 Å². The Labute approximate surface area is 214 Å². The largest absolute Gasteiger partial charge is 0.507 e. The molecule has 0 spiro atoms. The van der Waals surface area contributed by atoms with Gasteiger partial charge in [0.15, 0.2) is 0 Å². The van der Waals surface area contributed by atoms with Crippen LogP contribution in [0.3, 0.4) is 0 Å². The molecule has 0 aliphatic carbocycles. The number of hydrogen-bond donors (Lipinski definition) is 1. The lowest BCUT2D eigenvalue weighted by molar-refractivity contribution is -0.140. The lowest BCUT2D eigenvalue weighted by Gasteiger charge is -2.23. The van der Waals surface area contributed by atoms with Crippen LogP contribution in [0.2, 0.25) is 0 Å². The fourth-order valence-electron chi connectivity index (χ4n) is 4.46. The van der Waals surface area contributed by atoms with E-state index in [1.165, 1.54) is 4.90 Å². The van der Waals surface area contributed by atoms with E-state index in [4.69, 9.17) is 9.15 Å². The predicted molar refractivity (Wildman–Crippen MR) is 137 cm³/mol. The molecule has 186 valence electrons. The number of aliphatic hydroxyl groups is 1. The van der Waals surface area contributed by atoms with Crippen molar-refractivity contribution in [2.24, 2.45) is 0 Å². The summed E-state index contributed by atoms with van der Waals surface area (Å²) >= 11 is 0. The summed E-state index contributed by atoms with van der Waals surface area (Å²) in [7, 11) is 0. The molecule has 7 heteroatoms. The molecule has 3 heterocycles. The topological polar surface area (TPSA) is 92.9 Å². The van der Waals surface area contributed by atoms with Gasteiger partial charge in [-0.25, -0.2) is 0 Å². The summed E-state index contributed by atoms with van der Waals surface area (Å²) < 4.78 is 11.7. The molecular formula is C30H26N2O5. The third kappa shape index (κ3) is 5.02. The molecule has 4 aromatic rings. The van der Waals surface area contributed by atoms with E-state index in [1.807, 2.05) is 25.1 Å². The van der Waals surface area contributed by atoms with Crippen LogP contribution in [-0.4, -0.2) is 26.7 Å². The second kappa shape index (κ2) is 10.1. The summed E-state index contributed by atoms with van der Waals surface area (Å²) in [6.45, 7) is 4.39. The Hall–Kier alpha value is -4.65. The van der Waals surface area contributed by atoms with Crippen molar-refractivity contribution in [2.75, 3.05) is 0 Å². The number of pyridine rings is 1. The number of likely N-dealkylation sites (tertiary alicyclic amines) is 1. The fraction of sp³-hybridized carbons (Fsp3) is 0.167. The summed E-state index contributed by atoms with van der Waals surface area (Å²) in [5.74, 6) is -0.0554. The van der Waals surface area contributed by atoms with Crippen LogP contribution in [0.5, 0.6) is 5.75 Å². The van der Waals surface area contributed by atoms with E-state index in [1.54, 1.807) is 67.8 Å². The van der Waals surface area contributed by atoms with Crippen molar-refractivity contribution in [3.8, 4) is 5.75 Å². The van der Waals surface area contributed by atoms with Gasteiger partial charge in [0.05, 0.1) is 5.57 Å². The van der Waals surface area contributed by atoms with E-state index in [2.05, 4.69) is 11.1 Å². The molecule has 0 radical (unpaired) electrons. The molecule has 7 nitrogen and oxygen atoms in total. The third-order valence-corrected chi connectivity index (χ3v) is 6.29. The zero-order valence-electron chi connectivity index (χ0n) is 20.5. The van der Waals surface area contributed by atoms with Crippen LogP contribution in [-0.2, 0) is 22.7 Å². The minimum atomic E-state index is -0.862. The van der Waals surface area contributed by atoms with Crippen molar-refractivity contribution in [1.82, 2.24) is 9.88 Å². The van der Waals surface area contributed by atoms with Gasteiger partial charge in [-0.15, -0.1) is 0 Å². The molecule has 0 saturated carbocycles. The number of benzene rings is 2. The number of carbonyl (C=O) groups excluding carboxylic acids is 2. The standard InChI is InChI=1S/C30H26N2O5/c1-19-4-3-5-22(16-19)18-36-24-9-7-23(8-10-24)28(33)26-27(25-11-6-20(2)37-25)32(30(35)29(26)34)17-21-12-14-31-15-13-21/h3-16,27,33H,17-18H2,1-2H3/b28-26-. The molecule has 1 N–H and O–H groups in total. The van der Waals surface area contributed by atoms with Crippen molar-refractivity contribution in [2.45, 2.75) is 33.0 Å². The maximum atomic E-state index is 13.2. The highest BCUT2D eigenvalue weighted by atomic mass is 16.5. The summed E-state index contributed by atoms with van der Waals surface area (Å²) in [6.07, 6.45) is 3.25. The van der Waals surface area contributed by atoms with Gasteiger partial charge in [-0.05, 0) is 73.5 Å². The number of aliphatic hydroxyl groups excluding tert-OH is 1. The Kier molecular flexibility index (Phi) is 6.60. The molecule has 1 amide bonds. The number of ether oxygens (including phenoxy) is 1. The van der Waals surface area contributed by atoms with Crippen LogP contribution in [0.4, 0.5) is 0 Å². The first-order chi connectivity index (χ1) is 17.9. The Balaban J connectivity index is 1.45. The molecule has 5 rings (SSSR count). The molecular weight excluding hydrogens is 468 g/mol. The van der Waals surface area contributed by atoms with E-state index in [-0.39, 0.29) is 17.9 Å². The van der Waals surface area contributed by atoms with Crippen molar-refractivity contribution < 1.29 is 23.8 Å². The Bertz CT molecular complexity index is 1470. The number of ketones is 1. The highest BCUT2D eigenvalue weighted by Crippen LogP contribution is 2.41. The van der Waals surface area contributed by atoms with Gasteiger partial charge in [-0.2, -0.15) is 0 Å². The monoisotopic (exact) mass is 494 g/mol. The van der Waals surface area contributed by atoms with Gasteiger partial charge in [-0.1, -0.05) is 29.8 Å². The summed E-state index contributed by atoms with van der Waals surface area (Å²) in [4.78, 5) is 31.7. The van der Waals surface area contributed by atoms with Crippen LogP contribution in [0.1, 0.15) is 39.8 Å². The maximum Gasteiger partial charge on any atom is 0.296 e. The first-order valence-electron chi connectivity index (χ1n) is 11.9. The second-order valence-corrected chi connectivity index (χ2v) is 9.03. The van der Waals surface area contributed by atoms with Crippen molar-refractivity contribution in [1.29, 1.82) is 0 Å². The zero-order chi connectivity index (χ0) is 25.9. The number of nitrogens with zero attached hydrogens (tertiary/aromatic N) is 2. The normalized spacial score (nSPS) is 16.8. The molecule has 1 unspecified atom stereocenters. The van der Waals surface area contributed by atoms with Crippen molar-refractivity contribution in [3.05, 3.63) is 125 Å². The number of aryl methyl sites for hydroxylation is 2. The number of rotatable bonds is 7. The van der Waals surface area contributed by atoms with Gasteiger partial charge in [0.25, 0.3) is 11.7 Å². The van der Waals surface area contributed by atoms with E-state index < -0.39 is 17.7 Å². The summed E-state index contributed by atoms with van der Waals surface area (Å²) in [5.41, 5.74) is 3.40. The minimum absolute atomic E-state index is 0.0122. The van der Waals surface area contributed by atoms with E-state index >= 15 is 0 Å². The first-order valence-corrected chi connectivity index (χ1v) is 11.9. The highest BCUT2D eigenvalue weighted by Gasteiger charge is 2.47. The average Bonchev–Trinajstić information content (AvgIpc) is 3.44. The fourth-order valence-corrected chi connectivity index (χ4v) is 4.46. The third-order valence-electron chi connectivity index (χ3n) is 6.29. The van der Waals surface area contributed by atoms with Crippen LogP contribution in [0, 0.1) is 13.8 Å². The number of amides is 1. The van der Waals surface area contributed by atoms with Crippen LogP contribution < -0.4 is 4.74 Å². The zero-order valence-corrected chi connectivity index (χ0v) is 20.5. The molecule has 0 bridgehead atoms. The van der Waals surface area contributed by atoms with Gasteiger partial charge in [0.2, 0.25) is 0 Å². The number of aromatic nitrogens is 1. The molecule has 1 saturated heterocycles. The molecule has 2 aromatic heterocycles. The molecule has 2 aromatic carbocycles. The maximum absolute atomic E-state index is 13.2. The van der Waals surface area contributed by atoms with E-state index in [0.717, 1.165) is 16.7 Å². The van der Waals surface area contributed by atoms with Crippen molar-refractivity contribution in [3.63, 3.8) is 0 Å². The van der Waals surface area contributed by atoms with Gasteiger partial charge >= 0.3 is 0 Å². The van der Waals surface area contributed by atoms with Gasteiger partial charge in [0.1, 0.15) is 35.7 Å². The van der Waals surface area contributed by atoms with Gasteiger partial charge in [-0.3, -0.25) is 14.6 Å². The summed E-state index contributed by atoms with van der Waals surface area (Å²) in [5, 5.41) is 11.2. The Morgan fingerprint density at radius 3 is 2.41 bits per heavy atom. The van der Waals surface area contributed by atoms with E-state index in [9.17, 15) is 14.7 Å². The lowest BCUT2D eigenvalue weighted by atomic mass is 9.99. The smallest absolute Gasteiger partial charge is 0.296 e. The number of carbonyl (C=O) groups is 2. The Morgan fingerprint density at radius 1 is 0.973 bits per heavy atom. The van der Waals surface area contributed by atoms with Gasteiger partial charge in [0, 0.05) is 24.5 Å². The summed E-state index contributed by atoms with van der Waals surface area (Å²) in [6, 6.07) is 21.0. The van der Waals surface area contributed by atoms with Gasteiger partial charge < -0.3 is 19.2 Å². The molecule has 1 fully saturated rings. The first kappa shape index (κ1) is 24.1. The van der Waals surface area contributed by atoms with Crippen LogP contribution >= 0.6 is 0 Å². The predicted octanol–water partition coefficient (Wildman–Crippen LogP) is 5.49. The average molecular weight is 495 g/mol. The highest BCUT2D eigenvalue weighted by molar-refractivity contribution is 6.46.